The van der Waals surface area contributed by atoms with Gasteiger partial charge in [-0.2, -0.15) is 0 Å². The van der Waals surface area contributed by atoms with Gasteiger partial charge in [0, 0.05) is 16.1 Å². The summed E-state index contributed by atoms with van der Waals surface area (Å²) in [6.45, 7) is 9.12. The number of hydrogen-bond donors (Lipinski definition) is 1. The van der Waals surface area contributed by atoms with E-state index >= 15 is 0 Å². The van der Waals surface area contributed by atoms with Gasteiger partial charge in [-0.05, 0) is 50.1 Å². The summed E-state index contributed by atoms with van der Waals surface area (Å²) in [5.74, 6) is 0. The molecule has 1 N–H and O–H groups in total. The highest BCUT2D eigenvalue weighted by Crippen LogP contribution is 2.26. The first-order valence-corrected chi connectivity index (χ1v) is 6.62. The van der Waals surface area contributed by atoms with Crippen molar-refractivity contribution in [2.45, 2.75) is 32.7 Å². The van der Waals surface area contributed by atoms with Crippen LogP contribution in [-0.2, 0) is 0 Å². The molecule has 0 aliphatic rings. The molecule has 1 aromatic rings. The number of halogens is 2. The van der Waals surface area contributed by atoms with Gasteiger partial charge in [0.2, 0.25) is 0 Å². The monoisotopic (exact) mass is 271 g/mol. The molecular formula is C14H19Cl2N. The largest absolute Gasteiger partial charge is 0.310 e. The van der Waals surface area contributed by atoms with Crippen molar-refractivity contribution in [3.05, 3.63) is 46.0 Å². The minimum atomic E-state index is 0.239. The highest BCUT2D eigenvalue weighted by atomic mass is 35.5. The van der Waals surface area contributed by atoms with Crippen LogP contribution in [0.1, 0.15) is 38.3 Å². The van der Waals surface area contributed by atoms with Crippen molar-refractivity contribution in [1.29, 1.82) is 0 Å². The summed E-state index contributed by atoms with van der Waals surface area (Å²) < 4.78 is 0. The molecule has 0 aliphatic heterocycles. The van der Waals surface area contributed by atoms with Gasteiger partial charge in [0.1, 0.15) is 0 Å². The van der Waals surface area contributed by atoms with Crippen molar-refractivity contribution in [2.75, 3.05) is 6.54 Å². The first-order valence-electron chi connectivity index (χ1n) is 5.86. The molecule has 94 valence electrons. The molecule has 0 aliphatic carbocycles. The molecule has 1 unspecified atom stereocenters. The van der Waals surface area contributed by atoms with Gasteiger partial charge in [-0.15, -0.1) is 6.58 Å². The second kappa shape index (κ2) is 7.05. The molecule has 0 heterocycles. The van der Waals surface area contributed by atoms with Crippen LogP contribution in [-0.4, -0.2) is 6.54 Å². The normalized spacial score (nSPS) is 12.5. The van der Waals surface area contributed by atoms with E-state index in [-0.39, 0.29) is 6.04 Å². The third-order valence-corrected chi connectivity index (χ3v) is 2.92. The van der Waals surface area contributed by atoms with Crippen LogP contribution >= 0.6 is 23.2 Å². The molecule has 17 heavy (non-hydrogen) atoms. The van der Waals surface area contributed by atoms with Crippen LogP contribution in [0, 0.1) is 0 Å². The van der Waals surface area contributed by atoms with Crippen molar-refractivity contribution in [3.63, 3.8) is 0 Å². The summed E-state index contributed by atoms with van der Waals surface area (Å²) in [7, 11) is 0. The Morgan fingerprint density at radius 2 is 1.88 bits per heavy atom. The number of hydrogen-bond acceptors (Lipinski definition) is 1. The number of rotatable bonds is 6. The minimum Gasteiger partial charge on any atom is -0.310 e. The third kappa shape index (κ3) is 5.12. The molecule has 0 fully saturated rings. The van der Waals surface area contributed by atoms with E-state index in [0.29, 0.717) is 10.0 Å². The van der Waals surface area contributed by atoms with Crippen LogP contribution < -0.4 is 5.32 Å². The highest BCUT2D eigenvalue weighted by Gasteiger charge is 2.12. The molecule has 0 bridgehead atoms. The van der Waals surface area contributed by atoms with E-state index in [4.69, 9.17) is 23.2 Å². The maximum absolute atomic E-state index is 6.03. The fraction of sp³-hybridized carbons (Fsp3) is 0.429. The Labute approximate surface area is 114 Å². The Hall–Kier alpha value is -0.500. The van der Waals surface area contributed by atoms with Gasteiger partial charge in [-0.1, -0.05) is 35.7 Å². The molecule has 1 aromatic carbocycles. The van der Waals surface area contributed by atoms with Crippen LogP contribution in [0.4, 0.5) is 0 Å². The van der Waals surface area contributed by atoms with E-state index in [1.807, 2.05) is 19.1 Å². The molecule has 0 saturated carbocycles. The maximum Gasteiger partial charge on any atom is 0.0424 e. The number of benzene rings is 1. The molecule has 3 heteroatoms. The molecular weight excluding hydrogens is 253 g/mol. The van der Waals surface area contributed by atoms with Crippen molar-refractivity contribution < 1.29 is 0 Å². The predicted molar refractivity (Wildman–Crippen MR) is 76.9 cm³/mol. The standard InChI is InChI=1S/C14H19Cl2N/c1-4-5-17-14(6-10(2)3)11-7-12(15)9-13(16)8-11/h7-9,14,17H,2,4-6H2,1,3H3. The van der Waals surface area contributed by atoms with E-state index in [9.17, 15) is 0 Å². The SMILES string of the molecule is C=C(C)CC(NCCC)c1cc(Cl)cc(Cl)c1. The van der Waals surface area contributed by atoms with Crippen LogP contribution in [0.25, 0.3) is 0 Å². The van der Waals surface area contributed by atoms with Crippen molar-refractivity contribution in [1.82, 2.24) is 5.32 Å². The zero-order valence-electron chi connectivity index (χ0n) is 10.4. The van der Waals surface area contributed by atoms with E-state index in [2.05, 4.69) is 18.8 Å². The van der Waals surface area contributed by atoms with E-state index < -0.39 is 0 Å². The molecule has 0 spiro atoms. The fourth-order valence-corrected chi connectivity index (χ4v) is 2.29. The van der Waals surface area contributed by atoms with Gasteiger partial charge >= 0.3 is 0 Å². The predicted octanol–water partition coefficient (Wildman–Crippen LogP) is 5.00. The zero-order valence-corrected chi connectivity index (χ0v) is 11.9. The van der Waals surface area contributed by atoms with Gasteiger partial charge in [-0.25, -0.2) is 0 Å². The Morgan fingerprint density at radius 1 is 1.29 bits per heavy atom. The first kappa shape index (κ1) is 14.6. The fourth-order valence-electron chi connectivity index (χ4n) is 1.75. The summed E-state index contributed by atoms with van der Waals surface area (Å²) in [6.07, 6.45) is 2.00. The minimum absolute atomic E-state index is 0.239. The van der Waals surface area contributed by atoms with Gasteiger partial charge in [-0.3, -0.25) is 0 Å². The zero-order chi connectivity index (χ0) is 12.8. The van der Waals surface area contributed by atoms with Crippen molar-refractivity contribution in [3.8, 4) is 0 Å². The lowest BCUT2D eigenvalue weighted by molar-refractivity contribution is 0.528. The lowest BCUT2D eigenvalue weighted by Gasteiger charge is -2.19. The third-order valence-electron chi connectivity index (χ3n) is 2.48. The second-order valence-corrected chi connectivity index (χ2v) is 5.24. The van der Waals surface area contributed by atoms with Crippen molar-refractivity contribution in [2.24, 2.45) is 0 Å². The van der Waals surface area contributed by atoms with Gasteiger partial charge in [0.25, 0.3) is 0 Å². The molecule has 1 nitrogen and oxygen atoms in total. The van der Waals surface area contributed by atoms with Gasteiger partial charge < -0.3 is 5.32 Å². The molecule has 1 atom stereocenters. The maximum atomic E-state index is 6.03. The Balaban J connectivity index is 2.90. The summed E-state index contributed by atoms with van der Waals surface area (Å²) >= 11 is 12.1. The van der Waals surface area contributed by atoms with Crippen LogP contribution in [0.5, 0.6) is 0 Å². The van der Waals surface area contributed by atoms with Gasteiger partial charge in [0.15, 0.2) is 0 Å². The topological polar surface area (TPSA) is 12.0 Å². The van der Waals surface area contributed by atoms with E-state index in [1.54, 1.807) is 6.07 Å². The highest BCUT2D eigenvalue weighted by molar-refractivity contribution is 6.34. The summed E-state index contributed by atoms with van der Waals surface area (Å²) in [5, 5.41) is 4.85. The summed E-state index contributed by atoms with van der Waals surface area (Å²) in [5.41, 5.74) is 2.27. The van der Waals surface area contributed by atoms with Crippen LogP contribution in [0.15, 0.2) is 30.4 Å². The van der Waals surface area contributed by atoms with Crippen molar-refractivity contribution >= 4 is 23.2 Å². The Morgan fingerprint density at radius 3 is 2.35 bits per heavy atom. The Kier molecular flexibility index (Phi) is 6.04. The molecule has 0 amide bonds. The summed E-state index contributed by atoms with van der Waals surface area (Å²) in [4.78, 5) is 0. The smallest absolute Gasteiger partial charge is 0.0424 e. The summed E-state index contributed by atoms with van der Waals surface area (Å²) in [6, 6.07) is 5.92. The average Bonchev–Trinajstić information content (AvgIpc) is 2.22. The molecule has 1 rings (SSSR count). The van der Waals surface area contributed by atoms with Crippen LogP contribution in [0.2, 0.25) is 10.0 Å². The second-order valence-electron chi connectivity index (χ2n) is 4.37. The Bertz CT molecular complexity index is 368. The molecule has 0 radical (unpaired) electrons. The lowest BCUT2D eigenvalue weighted by Crippen LogP contribution is -2.22. The van der Waals surface area contributed by atoms with E-state index in [1.165, 1.54) is 0 Å². The lowest BCUT2D eigenvalue weighted by atomic mass is 10.00. The molecule has 0 saturated heterocycles. The average molecular weight is 272 g/mol. The quantitative estimate of drug-likeness (QED) is 0.718. The first-order chi connectivity index (χ1) is 8.02. The molecule has 0 aromatic heterocycles. The van der Waals surface area contributed by atoms with Crippen LogP contribution in [0.3, 0.4) is 0 Å². The van der Waals surface area contributed by atoms with E-state index in [0.717, 1.165) is 30.5 Å². The van der Waals surface area contributed by atoms with Gasteiger partial charge in [0.05, 0.1) is 0 Å². The number of nitrogens with one attached hydrogen (secondary N) is 1.